The van der Waals surface area contributed by atoms with Crippen LogP contribution in [0.1, 0.15) is 55.8 Å². The highest BCUT2D eigenvalue weighted by Gasteiger charge is 2.34. The Morgan fingerprint density at radius 2 is 1.68 bits per heavy atom. The molecule has 2 atom stereocenters. The van der Waals surface area contributed by atoms with Gasteiger partial charge >= 0.3 is 0 Å². The van der Waals surface area contributed by atoms with Crippen molar-refractivity contribution in [1.82, 2.24) is 14.1 Å². The number of nitrogens with zero attached hydrogens (tertiary/aromatic N) is 3. The van der Waals surface area contributed by atoms with E-state index in [0.717, 1.165) is 45.3 Å². The van der Waals surface area contributed by atoms with E-state index in [1.54, 1.807) is 11.8 Å². The Kier molecular flexibility index (Phi) is 6.76. The summed E-state index contributed by atoms with van der Waals surface area (Å²) in [5.41, 5.74) is 0. The van der Waals surface area contributed by atoms with Gasteiger partial charge in [-0.3, -0.25) is 9.69 Å². The first-order chi connectivity index (χ1) is 14.7. The SMILES string of the molecule is Cc1oc(C(=O)N2CCC(CN3CC(C)OC(C)C3)CC2)cc1S(=O)(=O)N1CCCC1. The lowest BCUT2D eigenvalue weighted by molar-refractivity contribution is -0.0729. The van der Waals surface area contributed by atoms with Crippen molar-refractivity contribution in [3.8, 4) is 0 Å². The molecular weight excluding hydrogens is 418 g/mol. The topological polar surface area (TPSA) is 83.3 Å². The van der Waals surface area contributed by atoms with Crippen LogP contribution in [0, 0.1) is 12.8 Å². The monoisotopic (exact) mass is 453 g/mol. The van der Waals surface area contributed by atoms with E-state index < -0.39 is 10.0 Å². The van der Waals surface area contributed by atoms with Crippen molar-refractivity contribution in [2.45, 2.75) is 63.6 Å². The van der Waals surface area contributed by atoms with Crippen LogP contribution in [0.15, 0.2) is 15.4 Å². The van der Waals surface area contributed by atoms with E-state index in [1.165, 1.54) is 10.4 Å². The lowest BCUT2D eigenvalue weighted by Gasteiger charge is -2.39. The number of morpholine rings is 1. The van der Waals surface area contributed by atoms with Gasteiger partial charge in [0, 0.05) is 51.9 Å². The average molecular weight is 454 g/mol. The molecule has 1 amide bonds. The number of hydrogen-bond donors (Lipinski definition) is 0. The normalized spacial score (nSPS) is 27.1. The van der Waals surface area contributed by atoms with Gasteiger partial charge in [-0.05, 0) is 52.4 Å². The highest BCUT2D eigenvalue weighted by atomic mass is 32.2. The third-order valence-corrected chi connectivity index (χ3v) is 8.69. The van der Waals surface area contributed by atoms with Crippen LogP contribution in [0.2, 0.25) is 0 Å². The quantitative estimate of drug-likeness (QED) is 0.681. The van der Waals surface area contributed by atoms with Gasteiger partial charge in [-0.1, -0.05) is 0 Å². The van der Waals surface area contributed by atoms with E-state index in [9.17, 15) is 13.2 Å². The van der Waals surface area contributed by atoms with Crippen LogP contribution in [0.5, 0.6) is 0 Å². The Morgan fingerprint density at radius 1 is 1.06 bits per heavy atom. The minimum atomic E-state index is -3.59. The molecule has 4 rings (SSSR count). The van der Waals surface area contributed by atoms with E-state index in [-0.39, 0.29) is 28.8 Å². The van der Waals surface area contributed by atoms with Crippen LogP contribution in [-0.4, -0.2) is 86.5 Å². The third-order valence-electron chi connectivity index (χ3n) is 6.68. The summed E-state index contributed by atoms with van der Waals surface area (Å²) in [6, 6.07) is 1.42. The Labute approximate surface area is 185 Å². The summed E-state index contributed by atoms with van der Waals surface area (Å²) in [5.74, 6) is 0.772. The Balaban J connectivity index is 1.35. The minimum Gasteiger partial charge on any atom is -0.455 e. The first kappa shape index (κ1) is 22.8. The van der Waals surface area contributed by atoms with Crippen LogP contribution in [0.3, 0.4) is 0 Å². The number of sulfonamides is 1. The molecule has 3 fully saturated rings. The van der Waals surface area contributed by atoms with E-state index in [0.29, 0.717) is 37.9 Å². The highest BCUT2D eigenvalue weighted by molar-refractivity contribution is 7.89. The molecule has 31 heavy (non-hydrogen) atoms. The summed E-state index contributed by atoms with van der Waals surface area (Å²) in [7, 11) is -3.59. The van der Waals surface area contributed by atoms with Crippen molar-refractivity contribution in [1.29, 1.82) is 0 Å². The smallest absolute Gasteiger partial charge is 0.289 e. The largest absolute Gasteiger partial charge is 0.455 e. The zero-order valence-corrected chi connectivity index (χ0v) is 19.7. The molecule has 3 aliphatic rings. The molecule has 0 radical (unpaired) electrons. The lowest BCUT2D eigenvalue weighted by atomic mass is 9.95. The summed E-state index contributed by atoms with van der Waals surface area (Å²) in [5, 5.41) is 0. The van der Waals surface area contributed by atoms with Crippen LogP contribution in [0.4, 0.5) is 0 Å². The predicted molar refractivity (Wildman–Crippen MR) is 117 cm³/mol. The molecular formula is C22H35N3O5S. The summed E-state index contributed by atoms with van der Waals surface area (Å²) in [6.45, 7) is 11.2. The Bertz CT molecular complexity index is 875. The van der Waals surface area contributed by atoms with Gasteiger partial charge in [-0.2, -0.15) is 4.31 Å². The number of hydrogen-bond acceptors (Lipinski definition) is 6. The molecule has 0 saturated carbocycles. The van der Waals surface area contributed by atoms with E-state index in [1.807, 2.05) is 0 Å². The van der Waals surface area contributed by atoms with Gasteiger partial charge < -0.3 is 14.1 Å². The van der Waals surface area contributed by atoms with Gasteiger partial charge in [0.05, 0.1) is 12.2 Å². The zero-order chi connectivity index (χ0) is 22.2. The molecule has 0 N–H and O–H groups in total. The molecule has 0 aromatic carbocycles. The van der Waals surface area contributed by atoms with Gasteiger partial charge in [-0.15, -0.1) is 0 Å². The van der Waals surface area contributed by atoms with Gasteiger partial charge in [0.15, 0.2) is 5.76 Å². The second-order valence-corrected chi connectivity index (χ2v) is 11.3. The van der Waals surface area contributed by atoms with Crippen molar-refractivity contribution in [2.24, 2.45) is 5.92 Å². The molecule has 4 heterocycles. The summed E-state index contributed by atoms with van der Waals surface area (Å²) < 4.78 is 38.7. The zero-order valence-electron chi connectivity index (χ0n) is 18.9. The fourth-order valence-corrected chi connectivity index (χ4v) is 6.85. The first-order valence-corrected chi connectivity index (χ1v) is 13.0. The second-order valence-electron chi connectivity index (χ2n) is 9.35. The number of ether oxygens (including phenoxy) is 1. The molecule has 1 aromatic heterocycles. The van der Waals surface area contributed by atoms with Gasteiger partial charge in [0.1, 0.15) is 10.7 Å². The average Bonchev–Trinajstić information content (AvgIpc) is 3.38. The molecule has 2 unspecified atom stereocenters. The van der Waals surface area contributed by atoms with Crippen molar-refractivity contribution >= 4 is 15.9 Å². The number of piperidine rings is 1. The summed E-state index contributed by atoms with van der Waals surface area (Å²) in [6.07, 6.45) is 4.17. The first-order valence-electron chi connectivity index (χ1n) is 11.5. The molecule has 0 spiro atoms. The van der Waals surface area contributed by atoms with Crippen molar-refractivity contribution < 1.29 is 22.4 Å². The number of likely N-dealkylation sites (tertiary alicyclic amines) is 1. The molecule has 3 saturated heterocycles. The molecule has 8 nitrogen and oxygen atoms in total. The Hall–Kier alpha value is -1.42. The fraction of sp³-hybridized carbons (Fsp3) is 0.773. The summed E-state index contributed by atoms with van der Waals surface area (Å²) in [4.78, 5) is 17.4. The third kappa shape index (κ3) is 4.99. The molecule has 3 aliphatic heterocycles. The number of aryl methyl sites for hydroxylation is 1. The molecule has 174 valence electrons. The molecule has 0 bridgehead atoms. The van der Waals surface area contributed by atoms with Gasteiger partial charge in [0.25, 0.3) is 5.91 Å². The maximum absolute atomic E-state index is 13.0. The maximum atomic E-state index is 13.0. The molecule has 1 aromatic rings. The Morgan fingerprint density at radius 3 is 2.29 bits per heavy atom. The maximum Gasteiger partial charge on any atom is 0.289 e. The lowest BCUT2D eigenvalue weighted by Crippen LogP contribution is -2.48. The van der Waals surface area contributed by atoms with E-state index in [4.69, 9.17) is 9.15 Å². The van der Waals surface area contributed by atoms with E-state index in [2.05, 4.69) is 18.7 Å². The summed E-state index contributed by atoms with van der Waals surface area (Å²) >= 11 is 0. The van der Waals surface area contributed by atoms with Gasteiger partial charge in [0.2, 0.25) is 10.0 Å². The minimum absolute atomic E-state index is 0.128. The molecule has 9 heteroatoms. The standard InChI is InChI=1S/C22H35N3O5S/c1-16-13-23(14-17(2)29-16)15-19-6-10-24(11-7-19)22(26)20-12-21(18(3)30-20)31(27,28)25-8-4-5-9-25/h12,16-17,19H,4-11,13-15H2,1-3H3. The predicted octanol–water partition coefficient (Wildman–Crippen LogP) is 2.33. The van der Waals surface area contributed by atoms with Gasteiger partial charge in [-0.25, -0.2) is 8.42 Å². The van der Waals surface area contributed by atoms with Crippen LogP contribution < -0.4 is 0 Å². The number of amides is 1. The van der Waals surface area contributed by atoms with Crippen molar-refractivity contribution in [3.63, 3.8) is 0 Å². The highest BCUT2D eigenvalue weighted by Crippen LogP contribution is 2.28. The number of furan rings is 1. The fourth-order valence-electron chi connectivity index (χ4n) is 5.17. The molecule has 0 aliphatic carbocycles. The van der Waals surface area contributed by atoms with Crippen LogP contribution >= 0.6 is 0 Å². The van der Waals surface area contributed by atoms with Crippen molar-refractivity contribution in [2.75, 3.05) is 45.8 Å². The second kappa shape index (κ2) is 9.21. The van der Waals surface area contributed by atoms with E-state index >= 15 is 0 Å². The number of carbonyl (C=O) groups excluding carboxylic acids is 1. The van der Waals surface area contributed by atoms with Crippen LogP contribution in [0.25, 0.3) is 0 Å². The van der Waals surface area contributed by atoms with Crippen molar-refractivity contribution in [3.05, 3.63) is 17.6 Å². The van der Waals surface area contributed by atoms with Crippen LogP contribution in [-0.2, 0) is 14.8 Å². The number of rotatable bonds is 5. The number of carbonyl (C=O) groups is 1.